The van der Waals surface area contributed by atoms with Gasteiger partial charge in [0, 0.05) is 32.5 Å². The van der Waals surface area contributed by atoms with E-state index in [1.54, 1.807) is 16.4 Å². The van der Waals surface area contributed by atoms with Gasteiger partial charge in [-0.1, -0.05) is 60.2 Å². The van der Waals surface area contributed by atoms with Crippen molar-refractivity contribution >= 4 is 52.0 Å². The molecule has 5 nitrogen and oxygen atoms in total. The maximum atomic E-state index is 13.6. The number of nitriles is 1. The number of nitrogens with one attached hydrogen (secondary N) is 1. The fourth-order valence-electron chi connectivity index (χ4n) is 3.89. The van der Waals surface area contributed by atoms with Crippen molar-refractivity contribution in [1.82, 2.24) is 9.78 Å². The van der Waals surface area contributed by atoms with Crippen molar-refractivity contribution in [2.24, 2.45) is 5.92 Å². The Labute approximate surface area is 211 Å². The molecule has 0 spiro atoms. The topological polar surface area (TPSA) is 70.7 Å². The molecule has 3 aromatic carbocycles. The quantitative estimate of drug-likeness (QED) is 0.247. The van der Waals surface area contributed by atoms with Gasteiger partial charge in [0.05, 0.1) is 17.5 Å². The molecule has 1 aliphatic heterocycles. The number of ketones is 1. The summed E-state index contributed by atoms with van der Waals surface area (Å²) >= 11 is 13.4. The van der Waals surface area contributed by atoms with Crippen molar-refractivity contribution in [1.29, 1.82) is 5.26 Å². The lowest BCUT2D eigenvalue weighted by molar-refractivity contribution is 0.0970. The third-order valence-corrected chi connectivity index (χ3v) is 7.15. The highest BCUT2D eigenvalue weighted by atomic mass is 35.5. The number of Topliss-reactive ketones (excluding diaryl/α,β-unsaturated/α-hetero) is 1. The molecule has 0 radical (unpaired) electrons. The number of benzene rings is 3. The summed E-state index contributed by atoms with van der Waals surface area (Å²) in [7, 11) is 0. The Kier molecular flexibility index (Phi) is 6.20. The lowest BCUT2D eigenvalue weighted by Gasteiger charge is -2.19. The molecule has 2 heterocycles. The lowest BCUT2D eigenvalue weighted by Crippen LogP contribution is -2.28. The van der Waals surface area contributed by atoms with Gasteiger partial charge in [0.25, 0.3) is 0 Å². The van der Waals surface area contributed by atoms with E-state index >= 15 is 0 Å². The first kappa shape index (κ1) is 22.4. The van der Waals surface area contributed by atoms with Crippen molar-refractivity contribution in [3.8, 4) is 23.0 Å². The Morgan fingerprint density at radius 3 is 2.53 bits per heavy atom. The summed E-state index contributed by atoms with van der Waals surface area (Å²) in [5, 5.41) is 18.2. The summed E-state index contributed by atoms with van der Waals surface area (Å²) in [5.41, 5.74) is 4.28. The fraction of sp³-hybridized carbons (Fsp3) is 0.0769. The van der Waals surface area contributed by atoms with Crippen LogP contribution in [0.3, 0.4) is 0 Å². The molecular weight excluding hydrogens is 484 g/mol. The molecule has 1 aliphatic rings. The van der Waals surface area contributed by atoms with E-state index < -0.39 is 11.7 Å². The minimum atomic E-state index is -1.16. The average molecular weight is 501 g/mol. The number of para-hydroxylation sites is 2. The van der Waals surface area contributed by atoms with E-state index in [-0.39, 0.29) is 10.7 Å². The highest BCUT2D eigenvalue weighted by Gasteiger charge is 2.34. The summed E-state index contributed by atoms with van der Waals surface area (Å²) in [6.07, 6.45) is 0. The maximum absolute atomic E-state index is 13.6. The molecule has 166 valence electrons. The van der Waals surface area contributed by atoms with Crippen LogP contribution in [0.1, 0.15) is 16.1 Å². The Balaban J connectivity index is 1.61. The van der Waals surface area contributed by atoms with Gasteiger partial charge in [-0.05, 0) is 42.5 Å². The van der Waals surface area contributed by atoms with Crippen LogP contribution in [-0.2, 0) is 5.75 Å². The van der Waals surface area contributed by atoms with Gasteiger partial charge in [0.15, 0.2) is 5.92 Å². The zero-order valence-corrected chi connectivity index (χ0v) is 20.1. The molecule has 1 N–H and O–H groups in total. The van der Waals surface area contributed by atoms with Crippen molar-refractivity contribution in [2.75, 3.05) is 5.32 Å². The minimum absolute atomic E-state index is 0.147. The predicted molar refractivity (Wildman–Crippen MR) is 140 cm³/mol. The molecule has 1 aromatic heterocycles. The van der Waals surface area contributed by atoms with Crippen LogP contribution < -0.4 is 5.32 Å². The molecule has 0 fully saturated rings. The molecule has 0 saturated heterocycles. The standard InChI is InChI=1S/C26H17ClN4OS2/c27-16-11-12-22-19(13-16)24-21(15-34-22)23(30-31(24)18-9-5-2-6-10-18)25(32)20(14-28)26(33)29-17-7-3-1-4-8-17/h1-13,20H,15H2,(H,29,33). The number of carbonyl (C=O) groups is 1. The van der Waals surface area contributed by atoms with Crippen LogP contribution in [0.25, 0.3) is 16.9 Å². The molecule has 1 unspecified atom stereocenters. The SMILES string of the molecule is N#CC(C(=O)c1nn(-c2ccccc2)c2c1CSc1ccc(Cl)cc1-2)C(=S)Nc1ccccc1. The highest BCUT2D eigenvalue weighted by molar-refractivity contribution is 7.98. The number of hydrogen-bond donors (Lipinski definition) is 1. The average Bonchev–Trinajstić information content (AvgIpc) is 3.26. The molecule has 0 saturated carbocycles. The third kappa shape index (κ3) is 4.12. The van der Waals surface area contributed by atoms with E-state index in [2.05, 4.69) is 11.4 Å². The third-order valence-electron chi connectivity index (χ3n) is 5.48. The zero-order valence-electron chi connectivity index (χ0n) is 17.7. The number of carbonyl (C=O) groups excluding carboxylic acids is 1. The number of nitrogens with zero attached hydrogens (tertiary/aromatic N) is 3. The second-order valence-corrected chi connectivity index (χ2v) is 9.53. The smallest absolute Gasteiger partial charge is 0.207 e. The maximum Gasteiger partial charge on any atom is 0.207 e. The number of fused-ring (bicyclic) bond motifs is 3. The van der Waals surface area contributed by atoms with Gasteiger partial charge < -0.3 is 5.32 Å². The number of hydrogen-bond acceptors (Lipinski definition) is 5. The van der Waals surface area contributed by atoms with Crippen molar-refractivity contribution in [2.45, 2.75) is 10.6 Å². The zero-order chi connectivity index (χ0) is 23.7. The van der Waals surface area contributed by atoms with Crippen LogP contribution in [0.2, 0.25) is 5.02 Å². The summed E-state index contributed by atoms with van der Waals surface area (Å²) < 4.78 is 1.76. The molecule has 0 aliphatic carbocycles. The number of anilines is 1. The van der Waals surface area contributed by atoms with Gasteiger partial charge >= 0.3 is 0 Å². The first-order valence-electron chi connectivity index (χ1n) is 10.5. The second kappa shape index (κ2) is 9.43. The number of halogens is 1. The largest absolute Gasteiger partial charge is 0.349 e. The number of thioether (sulfide) groups is 1. The van der Waals surface area contributed by atoms with E-state index in [4.69, 9.17) is 28.9 Å². The van der Waals surface area contributed by atoms with Gasteiger partial charge in [-0.15, -0.1) is 11.8 Å². The van der Waals surface area contributed by atoms with Gasteiger partial charge in [-0.2, -0.15) is 10.4 Å². The van der Waals surface area contributed by atoms with E-state index in [1.165, 1.54) is 0 Å². The molecule has 0 amide bonds. The number of thiocarbonyl (C=S) groups is 1. The van der Waals surface area contributed by atoms with Crippen LogP contribution >= 0.6 is 35.6 Å². The first-order chi connectivity index (χ1) is 16.6. The molecule has 1 atom stereocenters. The van der Waals surface area contributed by atoms with Gasteiger partial charge in [-0.25, -0.2) is 4.68 Å². The Hall–Kier alpha value is -3.44. The normalized spacial score (nSPS) is 12.7. The van der Waals surface area contributed by atoms with Gasteiger partial charge in [0.1, 0.15) is 10.7 Å². The fourth-order valence-corrected chi connectivity index (χ4v) is 5.39. The van der Waals surface area contributed by atoms with Crippen LogP contribution in [0.4, 0.5) is 5.69 Å². The van der Waals surface area contributed by atoms with Gasteiger partial charge in [0.2, 0.25) is 5.78 Å². The number of rotatable bonds is 5. The van der Waals surface area contributed by atoms with Crippen molar-refractivity contribution in [3.63, 3.8) is 0 Å². The molecule has 0 bridgehead atoms. The summed E-state index contributed by atoms with van der Waals surface area (Å²) in [6, 6.07) is 26.6. The molecule has 8 heteroatoms. The van der Waals surface area contributed by atoms with E-state index in [0.717, 1.165) is 33.1 Å². The van der Waals surface area contributed by atoms with Crippen molar-refractivity contribution in [3.05, 3.63) is 95.1 Å². The van der Waals surface area contributed by atoms with Crippen LogP contribution in [0, 0.1) is 17.2 Å². The first-order valence-corrected chi connectivity index (χ1v) is 12.2. The molecular formula is C26H17ClN4OS2. The second-order valence-electron chi connectivity index (χ2n) is 7.63. The Morgan fingerprint density at radius 1 is 1.12 bits per heavy atom. The lowest BCUT2D eigenvalue weighted by atomic mass is 9.97. The van der Waals surface area contributed by atoms with Crippen molar-refractivity contribution < 1.29 is 4.79 Å². The Morgan fingerprint density at radius 2 is 1.82 bits per heavy atom. The highest BCUT2D eigenvalue weighted by Crippen LogP contribution is 2.45. The summed E-state index contributed by atoms with van der Waals surface area (Å²) in [4.78, 5) is 14.9. The van der Waals surface area contributed by atoms with E-state index in [1.807, 2.05) is 78.9 Å². The number of aromatic nitrogens is 2. The predicted octanol–water partition coefficient (Wildman–Crippen LogP) is 6.56. The summed E-state index contributed by atoms with van der Waals surface area (Å²) in [5.74, 6) is -1.04. The monoisotopic (exact) mass is 500 g/mol. The molecule has 34 heavy (non-hydrogen) atoms. The van der Waals surface area contributed by atoms with Crippen LogP contribution in [-0.4, -0.2) is 20.6 Å². The van der Waals surface area contributed by atoms with E-state index in [0.29, 0.717) is 10.8 Å². The minimum Gasteiger partial charge on any atom is -0.349 e. The summed E-state index contributed by atoms with van der Waals surface area (Å²) in [6.45, 7) is 0. The molecule has 4 aromatic rings. The van der Waals surface area contributed by atoms with E-state index in [9.17, 15) is 10.1 Å². The Bertz CT molecular complexity index is 1450. The molecule has 5 rings (SSSR count). The van der Waals surface area contributed by atoms with Crippen LogP contribution in [0.5, 0.6) is 0 Å². The van der Waals surface area contributed by atoms with Crippen LogP contribution in [0.15, 0.2) is 83.8 Å². The van der Waals surface area contributed by atoms with Gasteiger partial charge in [-0.3, -0.25) is 4.79 Å².